The van der Waals surface area contributed by atoms with Gasteiger partial charge in [0.2, 0.25) is 0 Å². The highest BCUT2D eigenvalue weighted by Gasteiger charge is 2.12. The SMILES string of the molecule is CC(CCl)N(CC=O)Cc1ccccc1. The summed E-state index contributed by atoms with van der Waals surface area (Å²) in [6.45, 7) is 3.23. The van der Waals surface area contributed by atoms with E-state index in [9.17, 15) is 4.79 Å². The van der Waals surface area contributed by atoms with E-state index < -0.39 is 0 Å². The van der Waals surface area contributed by atoms with Crippen LogP contribution in [0.3, 0.4) is 0 Å². The molecule has 0 radical (unpaired) electrons. The predicted molar refractivity (Wildman–Crippen MR) is 63.1 cm³/mol. The van der Waals surface area contributed by atoms with Crippen LogP contribution in [0, 0.1) is 0 Å². The van der Waals surface area contributed by atoms with Gasteiger partial charge in [0.1, 0.15) is 6.29 Å². The Morgan fingerprint density at radius 2 is 2.07 bits per heavy atom. The van der Waals surface area contributed by atoms with Gasteiger partial charge in [0.05, 0.1) is 6.54 Å². The number of halogens is 1. The van der Waals surface area contributed by atoms with Crippen molar-refractivity contribution in [2.24, 2.45) is 0 Å². The van der Waals surface area contributed by atoms with Crippen molar-refractivity contribution < 1.29 is 4.79 Å². The molecule has 0 fully saturated rings. The van der Waals surface area contributed by atoms with Crippen LogP contribution < -0.4 is 0 Å². The third-order valence-electron chi connectivity index (χ3n) is 2.38. The largest absolute Gasteiger partial charge is 0.302 e. The van der Waals surface area contributed by atoms with Crippen molar-refractivity contribution in [1.82, 2.24) is 4.90 Å². The third-order valence-corrected chi connectivity index (χ3v) is 2.83. The Labute approximate surface area is 95.8 Å². The van der Waals surface area contributed by atoms with Crippen molar-refractivity contribution in [3.05, 3.63) is 35.9 Å². The second kappa shape index (κ2) is 6.59. The molecule has 0 aliphatic carbocycles. The summed E-state index contributed by atoms with van der Waals surface area (Å²) in [6, 6.07) is 10.3. The van der Waals surface area contributed by atoms with Crippen LogP contribution in [0.4, 0.5) is 0 Å². The lowest BCUT2D eigenvalue weighted by atomic mass is 10.2. The molecule has 0 saturated carbocycles. The first-order valence-electron chi connectivity index (χ1n) is 5.05. The van der Waals surface area contributed by atoms with Gasteiger partial charge in [-0.3, -0.25) is 4.90 Å². The van der Waals surface area contributed by atoms with Gasteiger partial charge < -0.3 is 4.79 Å². The van der Waals surface area contributed by atoms with Gasteiger partial charge >= 0.3 is 0 Å². The number of aldehydes is 1. The van der Waals surface area contributed by atoms with E-state index in [1.165, 1.54) is 5.56 Å². The molecule has 0 amide bonds. The summed E-state index contributed by atoms with van der Waals surface area (Å²) in [7, 11) is 0. The molecule has 0 spiro atoms. The molecule has 0 saturated heterocycles. The molecule has 0 heterocycles. The van der Waals surface area contributed by atoms with Gasteiger partial charge in [0, 0.05) is 18.5 Å². The maximum Gasteiger partial charge on any atom is 0.134 e. The Kier molecular flexibility index (Phi) is 5.37. The molecule has 0 bridgehead atoms. The number of hydrogen-bond acceptors (Lipinski definition) is 2. The van der Waals surface area contributed by atoms with E-state index in [-0.39, 0.29) is 6.04 Å². The number of nitrogens with zero attached hydrogens (tertiary/aromatic N) is 1. The molecular weight excluding hydrogens is 210 g/mol. The van der Waals surface area contributed by atoms with Gasteiger partial charge in [-0.2, -0.15) is 0 Å². The number of alkyl halides is 1. The molecule has 2 nitrogen and oxygen atoms in total. The van der Waals surface area contributed by atoms with Crippen molar-refractivity contribution in [3.63, 3.8) is 0 Å². The molecule has 82 valence electrons. The highest BCUT2D eigenvalue weighted by Crippen LogP contribution is 2.08. The normalized spacial score (nSPS) is 12.7. The summed E-state index contributed by atoms with van der Waals surface area (Å²) in [5.74, 6) is 0.542. The van der Waals surface area contributed by atoms with Crippen LogP contribution in [0.25, 0.3) is 0 Å². The smallest absolute Gasteiger partial charge is 0.134 e. The first-order chi connectivity index (χ1) is 7.27. The number of benzene rings is 1. The monoisotopic (exact) mass is 225 g/mol. The molecule has 15 heavy (non-hydrogen) atoms. The van der Waals surface area contributed by atoms with Crippen LogP contribution in [0.2, 0.25) is 0 Å². The topological polar surface area (TPSA) is 20.3 Å². The lowest BCUT2D eigenvalue weighted by Crippen LogP contribution is -2.35. The van der Waals surface area contributed by atoms with Crippen LogP contribution in [0.1, 0.15) is 12.5 Å². The molecule has 1 aromatic carbocycles. The lowest BCUT2D eigenvalue weighted by molar-refractivity contribution is -0.109. The summed E-state index contributed by atoms with van der Waals surface area (Å²) >= 11 is 5.79. The first-order valence-corrected chi connectivity index (χ1v) is 5.59. The van der Waals surface area contributed by atoms with Crippen LogP contribution >= 0.6 is 11.6 Å². The van der Waals surface area contributed by atoms with E-state index in [4.69, 9.17) is 11.6 Å². The average molecular weight is 226 g/mol. The maximum atomic E-state index is 10.5. The highest BCUT2D eigenvalue weighted by atomic mass is 35.5. The van der Waals surface area contributed by atoms with Crippen molar-refractivity contribution in [3.8, 4) is 0 Å². The van der Waals surface area contributed by atoms with Crippen molar-refractivity contribution in [2.45, 2.75) is 19.5 Å². The molecule has 1 rings (SSSR count). The lowest BCUT2D eigenvalue weighted by Gasteiger charge is -2.25. The average Bonchev–Trinajstić information content (AvgIpc) is 2.29. The molecule has 1 unspecified atom stereocenters. The Balaban J connectivity index is 2.62. The zero-order valence-electron chi connectivity index (χ0n) is 8.90. The van der Waals surface area contributed by atoms with Gasteiger partial charge in [0.15, 0.2) is 0 Å². The zero-order valence-corrected chi connectivity index (χ0v) is 9.65. The molecule has 3 heteroatoms. The predicted octanol–water partition coefficient (Wildman–Crippen LogP) is 2.31. The summed E-state index contributed by atoms with van der Waals surface area (Å²) < 4.78 is 0. The Bertz CT molecular complexity index is 289. The standard InChI is InChI=1S/C12H16ClNO/c1-11(9-13)14(7-8-15)10-12-5-3-2-4-6-12/h2-6,8,11H,7,9-10H2,1H3. The van der Waals surface area contributed by atoms with E-state index in [2.05, 4.69) is 17.0 Å². The highest BCUT2D eigenvalue weighted by molar-refractivity contribution is 6.18. The minimum absolute atomic E-state index is 0.220. The first kappa shape index (κ1) is 12.2. The summed E-state index contributed by atoms with van der Waals surface area (Å²) in [4.78, 5) is 12.6. The number of carbonyl (C=O) groups excluding carboxylic acids is 1. The van der Waals surface area contributed by atoms with Crippen molar-refractivity contribution in [1.29, 1.82) is 0 Å². The summed E-state index contributed by atoms with van der Waals surface area (Å²) in [5, 5.41) is 0. The Morgan fingerprint density at radius 1 is 1.40 bits per heavy atom. The summed E-state index contributed by atoms with van der Waals surface area (Å²) in [6.07, 6.45) is 0.923. The van der Waals surface area contributed by atoms with E-state index in [0.29, 0.717) is 12.4 Å². The quantitative estimate of drug-likeness (QED) is 0.547. The Morgan fingerprint density at radius 3 is 2.60 bits per heavy atom. The van der Waals surface area contributed by atoms with Crippen LogP contribution in [-0.4, -0.2) is 29.7 Å². The van der Waals surface area contributed by atoms with Gasteiger partial charge in [-0.25, -0.2) is 0 Å². The van der Waals surface area contributed by atoms with Gasteiger partial charge in [-0.15, -0.1) is 11.6 Å². The van der Waals surface area contributed by atoms with E-state index in [1.54, 1.807) is 0 Å². The Hall–Kier alpha value is -0.860. The molecule has 0 aliphatic heterocycles. The van der Waals surface area contributed by atoms with E-state index in [1.807, 2.05) is 25.1 Å². The van der Waals surface area contributed by atoms with Crippen molar-refractivity contribution >= 4 is 17.9 Å². The number of hydrogen-bond donors (Lipinski definition) is 0. The van der Waals surface area contributed by atoms with E-state index >= 15 is 0 Å². The third kappa shape index (κ3) is 4.02. The molecule has 1 aromatic rings. The molecule has 1 atom stereocenters. The van der Waals surface area contributed by atoms with E-state index in [0.717, 1.165) is 12.8 Å². The molecule has 0 aromatic heterocycles. The van der Waals surface area contributed by atoms with Gasteiger partial charge in [-0.05, 0) is 12.5 Å². The molecular formula is C12H16ClNO. The fraction of sp³-hybridized carbons (Fsp3) is 0.417. The van der Waals surface area contributed by atoms with Crippen molar-refractivity contribution in [2.75, 3.05) is 12.4 Å². The fourth-order valence-electron chi connectivity index (χ4n) is 1.41. The minimum Gasteiger partial charge on any atom is -0.302 e. The second-order valence-electron chi connectivity index (χ2n) is 3.59. The molecule has 0 N–H and O–H groups in total. The fourth-order valence-corrected chi connectivity index (χ4v) is 1.61. The molecule has 0 aliphatic rings. The second-order valence-corrected chi connectivity index (χ2v) is 3.89. The number of carbonyl (C=O) groups is 1. The van der Waals surface area contributed by atoms with Crippen LogP contribution in [0.15, 0.2) is 30.3 Å². The van der Waals surface area contributed by atoms with Gasteiger partial charge in [-0.1, -0.05) is 30.3 Å². The van der Waals surface area contributed by atoms with Crippen LogP contribution in [0.5, 0.6) is 0 Å². The number of rotatable bonds is 6. The zero-order chi connectivity index (χ0) is 11.1. The maximum absolute atomic E-state index is 10.5. The van der Waals surface area contributed by atoms with Crippen LogP contribution in [-0.2, 0) is 11.3 Å². The van der Waals surface area contributed by atoms with Gasteiger partial charge in [0.25, 0.3) is 0 Å². The minimum atomic E-state index is 0.220. The summed E-state index contributed by atoms with van der Waals surface area (Å²) in [5.41, 5.74) is 1.20.